The quantitative estimate of drug-likeness (QED) is 0.828. The van der Waals surface area contributed by atoms with Gasteiger partial charge in [-0.3, -0.25) is 4.68 Å². The number of piperidine rings is 1. The third-order valence-electron chi connectivity index (χ3n) is 3.32. The van der Waals surface area contributed by atoms with Gasteiger partial charge in [0, 0.05) is 18.6 Å². The van der Waals surface area contributed by atoms with E-state index in [1.165, 1.54) is 16.9 Å². The van der Waals surface area contributed by atoms with Crippen LogP contribution in [0.25, 0.3) is 0 Å². The zero-order valence-corrected chi connectivity index (χ0v) is 11.6. The second-order valence-electron chi connectivity index (χ2n) is 4.60. The van der Waals surface area contributed by atoms with Gasteiger partial charge in [0.05, 0.1) is 6.20 Å². The fraction of sp³-hybridized carbons (Fsp3) is 0.727. The average molecular weight is 272 g/mol. The molecule has 0 aromatic carbocycles. The summed E-state index contributed by atoms with van der Waals surface area (Å²) in [7, 11) is -3.48. The first kappa shape index (κ1) is 13.5. The zero-order valence-electron chi connectivity index (χ0n) is 10.8. The number of hydrogen-bond donors (Lipinski definition) is 2. The Bertz CT molecular complexity index is 497. The molecule has 1 aromatic rings. The second-order valence-corrected chi connectivity index (χ2v) is 6.26. The number of sulfonamides is 1. The first-order valence-electron chi connectivity index (χ1n) is 6.32. The lowest BCUT2D eigenvalue weighted by Gasteiger charge is -2.30. The van der Waals surface area contributed by atoms with Crippen LogP contribution in [-0.4, -0.2) is 36.8 Å². The number of rotatable bonds is 4. The molecule has 1 aliphatic heterocycles. The van der Waals surface area contributed by atoms with Gasteiger partial charge in [0.1, 0.15) is 0 Å². The van der Waals surface area contributed by atoms with Gasteiger partial charge in [-0.05, 0) is 39.3 Å². The third kappa shape index (κ3) is 2.73. The second kappa shape index (κ2) is 5.38. The van der Waals surface area contributed by atoms with E-state index in [0.717, 1.165) is 19.4 Å². The topological polar surface area (TPSA) is 76.0 Å². The lowest BCUT2D eigenvalue weighted by atomic mass is 10.0. The molecule has 0 aliphatic carbocycles. The van der Waals surface area contributed by atoms with E-state index in [1.807, 2.05) is 13.8 Å². The van der Waals surface area contributed by atoms with Crippen LogP contribution >= 0.6 is 0 Å². The Morgan fingerprint density at radius 1 is 1.61 bits per heavy atom. The van der Waals surface area contributed by atoms with Crippen molar-refractivity contribution in [3.05, 3.63) is 12.3 Å². The number of nitrogens with zero attached hydrogens (tertiary/aromatic N) is 2. The predicted octanol–water partition coefficient (Wildman–Crippen LogP) is 0.322. The maximum atomic E-state index is 12.3. The van der Waals surface area contributed by atoms with Crippen LogP contribution in [0, 0.1) is 0 Å². The predicted molar refractivity (Wildman–Crippen MR) is 68.7 cm³/mol. The highest BCUT2D eigenvalue weighted by molar-refractivity contribution is 7.89. The summed E-state index contributed by atoms with van der Waals surface area (Å²) in [5.74, 6) is 0. The van der Waals surface area contributed by atoms with Gasteiger partial charge in [0.25, 0.3) is 10.0 Å². The van der Waals surface area contributed by atoms with E-state index in [-0.39, 0.29) is 17.1 Å². The van der Waals surface area contributed by atoms with E-state index < -0.39 is 10.0 Å². The lowest BCUT2D eigenvalue weighted by molar-refractivity contribution is 0.348. The van der Waals surface area contributed by atoms with E-state index in [1.54, 1.807) is 0 Å². The molecule has 6 nitrogen and oxygen atoms in total. The minimum atomic E-state index is -3.48. The Morgan fingerprint density at radius 3 is 3.06 bits per heavy atom. The molecule has 1 aromatic heterocycles. The molecule has 1 aliphatic rings. The molecule has 2 heterocycles. The first-order valence-corrected chi connectivity index (χ1v) is 7.80. The molecule has 2 rings (SSSR count). The SMILES string of the molecule is CCn1nccc1S(=O)(=O)NC1CCCNC1C. The molecule has 2 atom stereocenters. The molecule has 0 spiro atoms. The smallest absolute Gasteiger partial charge is 0.258 e. The van der Waals surface area contributed by atoms with Crippen molar-refractivity contribution in [2.24, 2.45) is 0 Å². The Morgan fingerprint density at radius 2 is 2.39 bits per heavy atom. The highest BCUT2D eigenvalue weighted by atomic mass is 32.2. The fourth-order valence-corrected chi connectivity index (χ4v) is 3.79. The number of aromatic nitrogens is 2. The maximum Gasteiger partial charge on any atom is 0.258 e. The number of aryl methyl sites for hydroxylation is 1. The van der Waals surface area contributed by atoms with Crippen LogP contribution in [0.2, 0.25) is 0 Å². The Hall–Kier alpha value is -0.920. The van der Waals surface area contributed by atoms with E-state index in [9.17, 15) is 8.42 Å². The summed E-state index contributed by atoms with van der Waals surface area (Å²) in [5.41, 5.74) is 0. The van der Waals surface area contributed by atoms with Crippen LogP contribution in [0.3, 0.4) is 0 Å². The minimum Gasteiger partial charge on any atom is -0.313 e. The van der Waals surface area contributed by atoms with Gasteiger partial charge in [-0.25, -0.2) is 13.1 Å². The van der Waals surface area contributed by atoms with Crippen LogP contribution in [0.4, 0.5) is 0 Å². The van der Waals surface area contributed by atoms with Crippen LogP contribution in [0.5, 0.6) is 0 Å². The minimum absolute atomic E-state index is 0.0519. The Labute approximate surface area is 108 Å². The Balaban J connectivity index is 2.16. The molecular formula is C11H20N4O2S. The van der Waals surface area contributed by atoms with E-state index in [0.29, 0.717) is 6.54 Å². The van der Waals surface area contributed by atoms with Crippen LogP contribution in [0.15, 0.2) is 17.3 Å². The summed E-state index contributed by atoms with van der Waals surface area (Å²) in [6.45, 7) is 5.37. The van der Waals surface area contributed by atoms with Crippen molar-refractivity contribution in [3.63, 3.8) is 0 Å². The molecule has 0 amide bonds. The van der Waals surface area contributed by atoms with Gasteiger partial charge in [0.2, 0.25) is 0 Å². The molecular weight excluding hydrogens is 252 g/mol. The normalized spacial score (nSPS) is 25.2. The summed E-state index contributed by atoms with van der Waals surface area (Å²) >= 11 is 0. The molecule has 1 saturated heterocycles. The largest absolute Gasteiger partial charge is 0.313 e. The van der Waals surface area contributed by atoms with Crippen LogP contribution in [0.1, 0.15) is 26.7 Å². The number of nitrogens with one attached hydrogen (secondary N) is 2. The van der Waals surface area contributed by atoms with Gasteiger partial charge >= 0.3 is 0 Å². The van der Waals surface area contributed by atoms with Gasteiger partial charge in [-0.15, -0.1) is 0 Å². The lowest BCUT2D eigenvalue weighted by Crippen LogP contribution is -2.52. The molecule has 2 unspecified atom stereocenters. The third-order valence-corrected chi connectivity index (χ3v) is 4.83. The summed E-state index contributed by atoms with van der Waals surface area (Å²) in [6, 6.07) is 1.64. The summed E-state index contributed by atoms with van der Waals surface area (Å²) in [4.78, 5) is 0. The van der Waals surface area contributed by atoms with Crippen molar-refractivity contribution in [2.75, 3.05) is 6.54 Å². The Kier molecular flexibility index (Phi) is 4.04. The van der Waals surface area contributed by atoms with Crippen molar-refractivity contribution in [1.29, 1.82) is 0 Å². The van der Waals surface area contributed by atoms with Gasteiger partial charge in [-0.2, -0.15) is 5.10 Å². The standard InChI is InChI=1S/C11H20N4O2S/c1-3-15-11(6-8-13-15)18(16,17)14-10-5-4-7-12-9(10)2/h6,8-10,12,14H,3-5,7H2,1-2H3. The summed E-state index contributed by atoms with van der Waals surface area (Å²) in [6.07, 6.45) is 3.37. The van der Waals surface area contributed by atoms with Gasteiger partial charge in [0.15, 0.2) is 5.03 Å². The molecule has 7 heteroatoms. The summed E-state index contributed by atoms with van der Waals surface area (Å²) < 4.78 is 28.8. The molecule has 2 N–H and O–H groups in total. The average Bonchev–Trinajstić information content (AvgIpc) is 2.81. The van der Waals surface area contributed by atoms with E-state index in [4.69, 9.17) is 0 Å². The van der Waals surface area contributed by atoms with Crippen LogP contribution in [-0.2, 0) is 16.6 Å². The van der Waals surface area contributed by atoms with Crippen molar-refractivity contribution >= 4 is 10.0 Å². The molecule has 0 bridgehead atoms. The van der Waals surface area contributed by atoms with E-state index >= 15 is 0 Å². The molecule has 0 saturated carbocycles. The van der Waals surface area contributed by atoms with Crippen LogP contribution < -0.4 is 10.0 Å². The van der Waals surface area contributed by atoms with Crippen molar-refractivity contribution < 1.29 is 8.42 Å². The molecule has 0 radical (unpaired) electrons. The van der Waals surface area contributed by atoms with Gasteiger partial charge in [-0.1, -0.05) is 0 Å². The zero-order chi connectivity index (χ0) is 13.2. The highest BCUT2D eigenvalue weighted by Gasteiger charge is 2.28. The fourth-order valence-electron chi connectivity index (χ4n) is 2.25. The molecule has 1 fully saturated rings. The van der Waals surface area contributed by atoms with Crippen molar-refractivity contribution in [3.8, 4) is 0 Å². The summed E-state index contributed by atoms with van der Waals surface area (Å²) in [5, 5.41) is 7.51. The monoisotopic (exact) mass is 272 g/mol. The molecule has 102 valence electrons. The highest BCUT2D eigenvalue weighted by Crippen LogP contribution is 2.14. The van der Waals surface area contributed by atoms with E-state index in [2.05, 4.69) is 15.1 Å². The van der Waals surface area contributed by atoms with Crippen molar-refractivity contribution in [2.45, 2.75) is 50.3 Å². The molecule has 18 heavy (non-hydrogen) atoms. The first-order chi connectivity index (χ1) is 8.54. The van der Waals surface area contributed by atoms with Crippen molar-refractivity contribution in [1.82, 2.24) is 19.8 Å². The maximum absolute atomic E-state index is 12.3. The number of hydrogen-bond acceptors (Lipinski definition) is 4. The van der Waals surface area contributed by atoms with Gasteiger partial charge < -0.3 is 5.32 Å².